The molecule has 0 radical (unpaired) electrons. The van der Waals surface area contributed by atoms with Crippen LogP contribution in [0, 0.1) is 11.7 Å². The molecule has 1 N–H and O–H groups in total. The van der Waals surface area contributed by atoms with Crippen LogP contribution in [0.5, 0.6) is 0 Å². The summed E-state index contributed by atoms with van der Waals surface area (Å²) in [6, 6.07) is 4.71. The third kappa shape index (κ3) is 1.63. The number of nitrogens with zero attached hydrogens (tertiary/aromatic N) is 2. The van der Waals surface area contributed by atoms with Crippen molar-refractivity contribution in [1.29, 1.82) is 0 Å². The zero-order chi connectivity index (χ0) is 13.7. The molecule has 2 aliphatic rings. The maximum Gasteiger partial charge on any atom is 0.123 e. The lowest BCUT2D eigenvalue weighted by Gasteiger charge is -2.33. The Balaban J connectivity index is 1.85. The summed E-state index contributed by atoms with van der Waals surface area (Å²) in [5.41, 5.74) is 2.88. The first kappa shape index (κ1) is 12.1. The van der Waals surface area contributed by atoms with Crippen LogP contribution in [0.25, 0.3) is 11.3 Å². The molecule has 3 heterocycles. The van der Waals surface area contributed by atoms with Gasteiger partial charge in [-0.15, -0.1) is 0 Å². The molecule has 2 aromatic rings. The number of aromatic nitrogens is 2. The minimum Gasteiger partial charge on any atom is -0.393 e. The van der Waals surface area contributed by atoms with Crippen molar-refractivity contribution in [2.45, 2.75) is 18.6 Å². The average molecular weight is 274 g/mol. The summed E-state index contributed by atoms with van der Waals surface area (Å²) >= 11 is 0. The van der Waals surface area contributed by atoms with Crippen LogP contribution in [-0.4, -0.2) is 34.0 Å². The van der Waals surface area contributed by atoms with Gasteiger partial charge < -0.3 is 14.4 Å². The van der Waals surface area contributed by atoms with Crippen molar-refractivity contribution >= 4 is 0 Å². The highest BCUT2D eigenvalue weighted by molar-refractivity contribution is 5.69. The van der Waals surface area contributed by atoms with Crippen molar-refractivity contribution < 1.29 is 14.2 Å². The Kier molecular flexibility index (Phi) is 2.65. The summed E-state index contributed by atoms with van der Waals surface area (Å²) in [7, 11) is 0. The van der Waals surface area contributed by atoms with Crippen LogP contribution in [0.15, 0.2) is 30.7 Å². The van der Waals surface area contributed by atoms with E-state index in [4.69, 9.17) is 4.74 Å². The minimum atomic E-state index is -0.432. The smallest absolute Gasteiger partial charge is 0.123 e. The Labute approximate surface area is 115 Å². The zero-order valence-corrected chi connectivity index (χ0v) is 10.9. The molecule has 3 atom stereocenters. The summed E-state index contributed by atoms with van der Waals surface area (Å²) in [5, 5.41) is 10.3. The molecule has 5 heteroatoms. The van der Waals surface area contributed by atoms with Crippen molar-refractivity contribution in [1.82, 2.24) is 9.55 Å². The first-order valence-electron chi connectivity index (χ1n) is 6.83. The van der Waals surface area contributed by atoms with E-state index in [-0.39, 0.29) is 17.8 Å². The first-order chi connectivity index (χ1) is 9.75. The molecule has 104 valence electrons. The van der Waals surface area contributed by atoms with Crippen LogP contribution >= 0.6 is 0 Å². The molecular weight excluding hydrogens is 259 g/mol. The predicted octanol–water partition coefficient (Wildman–Crippen LogP) is 1.99. The van der Waals surface area contributed by atoms with Crippen LogP contribution in [0.2, 0.25) is 0 Å². The van der Waals surface area contributed by atoms with Crippen LogP contribution in [0.4, 0.5) is 4.39 Å². The Hall–Kier alpha value is -1.72. The second-order valence-corrected chi connectivity index (χ2v) is 5.46. The van der Waals surface area contributed by atoms with Gasteiger partial charge in [0.1, 0.15) is 5.82 Å². The summed E-state index contributed by atoms with van der Waals surface area (Å²) in [5.74, 6) is -0.321. The van der Waals surface area contributed by atoms with Crippen LogP contribution in [-0.2, 0) is 4.74 Å². The SMILES string of the molecule is O[C@H]1CCOCC1[C@@H]1c2cc(F)ccc2-c2cncn21. The highest BCUT2D eigenvalue weighted by Crippen LogP contribution is 2.45. The van der Waals surface area contributed by atoms with Gasteiger partial charge in [0, 0.05) is 18.1 Å². The van der Waals surface area contributed by atoms with E-state index < -0.39 is 6.10 Å². The minimum absolute atomic E-state index is 0.0697. The Morgan fingerprint density at radius 1 is 1.40 bits per heavy atom. The molecule has 0 aliphatic carbocycles. The van der Waals surface area contributed by atoms with E-state index in [1.54, 1.807) is 24.7 Å². The van der Waals surface area contributed by atoms with Crippen LogP contribution in [0.3, 0.4) is 0 Å². The number of imidazole rings is 1. The molecule has 4 nitrogen and oxygen atoms in total. The van der Waals surface area contributed by atoms with Gasteiger partial charge >= 0.3 is 0 Å². The number of hydrogen-bond donors (Lipinski definition) is 1. The molecule has 1 aromatic heterocycles. The molecule has 1 saturated heterocycles. The summed E-state index contributed by atoms with van der Waals surface area (Å²) in [4.78, 5) is 4.18. The maximum atomic E-state index is 13.6. The molecule has 1 fully saturated rings. The monoisotopic (exact) mass is 274 g/mol. The number of aliphatic hydroxyl groups is 1. The topological polar surface area (TPSA) is 47.3 Å². The highest BCUT2D eigenvalue weighted by atomic mass is 19.1. The Morgan fingerprint density at radius 3 is 3.15 bits per heavy atom. The number of benzene rings is 1. The lowest BCUT2D eigenvalue weighted by atomic mass is 9.86. The zero-order valence-electron chi connectivity index (χ0n) is 10.9. The molecule has 1 aromatic carbocycles. The molecule has 0 spiro atoms. The fraction of sp³-hybridized carbons (Fsp3) is 0.400. The van der Waals surface area contributed by atoms with Gasteiger partial charge in [-0.3, -0.25) is 0 Å². The van der Waals surface area contributed by atoms with Crippen LogP contribution < -0.4 is 0 Å². The van der Waals surface area contributed by atoms with Crippen molar-refractivity contribution in [3.05, 3.63) is 42.1 Å². The third-order valence-corrected chi connectivity index (χ3v) is 4.34. The lowest BCUT2D eigenvalue weighted by Crippen LogP contribution is -2.37. The van der Waals surface area contributed by atoms with E-state index in [0.29, 0.717) is 19.6 Å². The number of rotatable bonds is 1. The lowest BCUT2D eigenvalue weighted by molar-refractivity contribution is -0.0481. The number of halogens is 1. The van der Waals surface area contributed by atoms with Gasteiger partial charge in [-0.1, -0.05) is 0 Å². The second-order valence-electron chi connectivity index (χ2n) is 5.46. The van der Waals surface area contributed by atoms with Gasteiger partial charge in [0.2, 0.25) is 0 Å². The van der Waals surface area contributed by atoms with Gasteiger partial charge in [-0.25, -0.2) is 9.37 Å². The first-order valence-corrected chi connectivity index (χ1v) is 6.83. The number of aliphatic hydroxyl groups excluding tert-OH is 1. The van der Waals surface area contributed by atoms with Crippen molar-refractivity contribution in [2.24, 2.45) is 5.92 Å². The average Bonchev–Trinajstić information content (AvgIpc) is 3.00. The number of fused-ring (bicyclic) bond motifs is 3. The molecule has 0 amide bonds. The quantitative estimate of drug-likeness (QED) is 0.865. The Bertz CT molecular complexity index is 655. The van der Waals surface area contributed by atoms with E-state index in [2.05, 4.69) is 4.98 Å². The predicted molar refractivity (Wildman–Crippen MR) is 70.7 cm³/mol. The molecule has 4 rings (SSSR count). The standard InChI is InChI=1S/C15H15FN2O2/c16-9-1-2-10-11(5-9)15(18-8-17-6-13(10)18)12-7-20-4-3-14(12)19/h1-2,5-6,8,12,14-15,19H,3-4,7H2/t12?,14-,15-/m0/s1. The van der Waals surface area contributed by atoms with Gasteiger partial charge in [-0.2, -0.15) is 0 Å². The van der Waals surface area contributed by atoms with Crippen molar-refractivity contribution in [3.63, 3.8) is 0 Å². The fourth-order valence-corrected chi connectivity index (χ4v) is 3.38. The van der Waals surface area contributed by atoms with Crippen molar-refractivity contribution in [2.75, 3.05) is 13.2 Å². The fourth-order valence-electron chi connectivity index (χ4n) is 3.38. The largest absolute Gasteiger partial charge is 0.393 e. The van der Waals surface area contributed by atoms with Gasteiger partial charge in [0.15, 0.2) is 0 Å². The highest BCUT2D eigenvalue weighted by Gasteiger charge is 2.39. The molecular formula is C15H15FN2O2. The van der Waals surface area contributed by atoms with Gasteiger partial charge in [0.25, 0.3) is 0 Å². The van der Waals surface area contributed by atoms with Crippen molar-refractivity contribution in [3.8, 4) is 11.3 Å². The van der Waals surface area contributed by atoms with E-state index in [1.165, 1.54) is 6.07 Å². The van der Waals surface area contributed by atoms with E-state index in [0.717, 1.165) is 16.8 Å². The van der Waals surface area contributed by atoms with Gasteiger partial charge in [-0.05, 0) is 30.2 Å². The van der Waals surface area contributed by atoms with E-state index in [1.807, 2.05) is 4.57 Å². The van der Waals surface area contributed by atoms with Gasteiger partial charge in [0.05, 0.1) is 37.0 Å². The molecule has 0 saturated carbocycles. The number of hydrogen-bond acceptors (Lipinski definition) is 3. The Morgan fingerprint density at radius 2 is 2.30 bits per heavy atom. The maximum absolute atomic E-state index is 13.6. The third-order valence-electron chi connectivity index (χ3n) is 4.34. The second kappa shape index (κ2) is 4.40. The summed E-state index contributed by atoms with van der Waals surface area (Å²) in [6.07, 6.45) is 3.72. The summed E-state index contributed by atoms with van der Waals surface area (Å²) < 4.78 is 21.1. The van der Waals surface area contributed by atoms with E-state index >= 15 is 0 Å². The van der Waals surface area contributed by atoms with E-state index in [9.17, 15) is 9.50 Å². The van der Waals surface area contributed by atoms with Crippen LogP contribution in [0.1, 0.15) is 18.0 Å². The molecule has 20 heavy (non-hydrogen) atoms. The summed E-state index contributed by atoms with van der Waals surface area (Å²) in [6.45, 7) is 1.07. The molecule has 1 unspecified atom stereocenters. The molecule has 0 bridgehead atoms. The normalized spacial score (nSPS) is 28.2. The molecule has 2 aliphatic heterocycles. The number of ether oxygens (including phenoxy) is 1.